The van der Waals surface area contributed by atoms with Gasteiger partial charge in [0.2, 0.25) is 0 Å². The van der Waals surface area contributed by atoms with Crippen LogP contribution in [0.4, 0.5) is 5.69 Å². The van der Waals surface area contributed by atoms with Gasteiger partial charge in [0.1, 0.15) is 5.92 Å². The van der Waals surface area contributed by atoms with E-state index in [1.54, 1.807) is 32.6 Å². The number of hydrogen-bond acceptors (Lipinski definition) is 8. The molecule has 0 fully saturated rings. The van der Waals surface area contributed by atoms with Crippen LogP contribution in [-0.4, -0.2) is 49.7 Å². The third-order valence-electron chi connectivity index (χ3n) is 5.80. The van der Waals surface area contributed by atoms with E-state index in [9.17, 15) is 19.2 Å². The molecule has 0 aromatic heterocycles. The largest absolute Gasteiger partial charge is 0.463 e. The number of carbonyl (C=O) groups is 4. The highest BCUT2D eigenvalue weighted by molar-refractivity contribution is 6.06. The summed E-state index contributed by atoms with van der Waals surface area (Å²) in [5.41, 5.74) is 2.45. The number of nitrogens with zero attached hydrogens (tertiary/aromatic N) is 1. The fraction of sp³-hybridized carbons (Fsp3) is 0.440. The van der Waals surface area contributed by atoms with Crippen LogP contribution in [0.25, 0.3) is 0 Å². The highest BCUT2D eigenvalue weighted by atomic mass is 16.5. The van der Waals surface area contributed by atoms with Crippen LogP contribution in [-0.2, 0) is 39.8 Å². The van der Waals surface area contributed by atoms with Crippen molar-refractivity contribution in [2.45, 2.75) is 47.1 Å². The lowest BCUT2D eigenvalue weighted by Crippen LogP contribution is -2.41. The summed E-state index contributed by atoms with van der Waals surface area (Å²) in [5, 5.41) is 2.94. The van der Waals surface area contributed by atoms with Crippen molar-refractivity contribution in [3.63, 3.8) is 0 Å². The van der Waals surface area contributed by atoms with Crippen LogP contribution in [0.2, 0.25) is 0 Å². The van der Waals surface area contributed by atoms with E-state index in [-0.39, 0.29) is 30.4 Å². The number of anilines is 1. The molecular weight excluding hydrogens is 440 g/mol. The minimum atomic E-state index is -1.38. The zero-order valence-corrected chi connectivity index (χ0v) is 20.1. The second kappa shape index (κ2) is 10.5. The van der Waals surface area contributed by atoms with E-state index in [4.69, 9.17) is 14.2 Å². The first-order valence-corrected chi connectivity index (χ1v) is 11.3. The number of rotatable bonds is 7. The summed E-state index contributed by atoms with van der Waals surface area (Å²) in [6.07, 6.45) is 0.702. The summed E-state index contributed by atoms with van der Waals surface area (Å²) < 4.78 is 15.6. The van der Waals surface area contributed by atoms with Crippen molar-refractivity contribution >= 4 is 29.5 Å². The Hall–Kier alpha value is -3.62. The van der Waals surface area contributed by atoms with Crippen molar-refractivity contribution < 1.29 is 33.4 Å². The number of hydrogen-bond donors (Lipinski definition) is 1. The molecule has 0 unspecified atom stereocenters. The topological polar surface area (TPSA) is 111 Å². The minimum Gasteiger partial charge on any atom is -0.463 e. The molecule has 9 heteroatoms. The molecule has 0 aliphatic carbocycles. The predicted octanol–water partition coefficient (Wildman–Crippen LogP) is 2.40. The fourth-order valence-corrected chi connectivity index (χ4v) is 4.42. The van der Waals surface area contributed by atoms with E-state index >= 15 is 0 Å². The number of carbonyl (C=O) groups excluding carboxylic acids is 4. The molecule has 182 valence electrons. The van der Waals surface area contributed by atoms with Crippen molar-refractivity contribution in [3.05, 3.63) is 52.4 Å². The van der Waals surface area contributed by atoms with Crippen molar-refractivity contribution in [3.8, 4) is 0 Å². The summed E-state index contributed by atoms with van der Waals surface area (Å²) >= 11 is 0. The molecule has 0 bridgehead atoms. The van der Waals surface area contributed by atoms with Gasteiger partial charge in [-0.25, -0.2) is 9.59 Å². The number of para-hydroxylation sites is 1. The second-order valence-corrected chi connectivity index (χ2v) is 8.13. The molecule has 1 aromatic carbocycles. The first-order valence-electron chi connectivity index (χ1n) is 11.3. The highest BCUT2D eigenvalue weighted by Crippen LogP contribution is 2.34. The van der Waals surface area contributed by atoms with Gasteiger partial charge in [-0.3, -0.25) is 9.59 Å². The third kappa shape index (κ3) is 4.83. The SMILES string of the molecule is CCOC(=O)C1=C(C)NC(C)=C(C(=O)OCC)C1C(=O)OCC(=O)N1c2ccccc2C[C@@H]1C. The average Bonchev–Trinajstić information content (AvgIpc) is 3.12. The molecule has 1 atom stereocenters. The molecule has 0 spiro atoms. The van der Waals surface area contributed by atoms with Crippen LogP contribution in [0.15, 0.2) is 46.8 Å². The van der Waals surface area contributed by atoms with Gasteiger partial charge in [0.15, 0.2) is 6.61 Å². The van der Waals surface area contributed by atoms with Crippen LogP contribution in [0.3, 0.4) is 0 Å². The van der Waals surface area contributed by atoms with E-state index in [0.717, 1.165) is 11.3 Å². The van der Waals surface area contributed by atoms with Crippen LogP contribution in [0.1, 0.15) is 40.2 Å². The Kier molecular flexibility index (Phi) is 7.75. The molecule has 1 aromatic rings. The monoisotopic (exact) mass is 470 g/mol. The van der Waals surface area contributed by atoms with Gasteiger partial charge in [-0.15, -0.1) is 0 Å². The summed E-state index contributed by atoms with van der Waals surface area (Å²) in [5.74, 6) is -4.18. The number of ether oxygens (including phenoxy) is 3. The Balaban J connectivity index is 1.86. The number of dihydropyridines is 1. The Bertz CT molecular complexity index is 1030. The zero-order valence-electron chi connectivity index (χ0n) is 20.1. The maximum atomic E-state index is 13.3. The van der Waals surface area contributed by atoms with Gasteiger partial charge >= 0.3 is 17.9 Å². The molecule has 2 aliphatic heterocycles. The van der Waals surface area contributed by atoms with Crippen molar-refractivity contribution in [1.29, 1.82) is 0 Å². The van der Waals surface area contributed by atoms with Crippen molar-refractivity contribution in [2.24, 2.45) is 5.92 Å². The summed E-state index contributed by atoms with van der Waals surface area (Å²) in [6.45, 7) is 8.03. The number of amides is 1. The molecular formula is C25H30N2O7. The van der Waals surface area contributed by atoms with E-state index in [1.807, 2.05) is 31.2 Å². The van der Waals surface area contributed by atoms with Gasteiger partial charge in [-0.2, -0.15) is 0 Å². The second-order valence-electron chi connectivity index (χ2n) is 8.13. The standard InChI is InChI=1S/C25H30N2O7/c1-6-32-23(29)20-15(4)26-16(5)21(24(30)33-7-2)22(20)25(31)34-13-19(28)27-14(3)12-17-10-8-9-11-18(17)27/h8-11,14,22,26H,6-7,12-13H2,1-5H3/t14-/m0/s1. The smallest absolute Gasteiger partial charge is 0.337 e. The number of benzene rings is 1. The normalized spacial score (nSPS) is 17.8. The van der Waals surface area contributed by atoms with E-state index in [2.05, 4.69) is 5.32 Å². The molecule has 0 saturated heterocycles. The minimum absolute atomic E-state index is 0.0483. The van der Waals surface area contributed by atoms with E-state index in [0.29, 0.717) is 17.8 Å². The number of allylic oxidation sites excluding steroid dienone is 2. The molecule has 1 amide bonds. The molecule has 0 radical (unpaired) electrons. The number of nitrogens with one attached hydrogen (secondary N) is 1. The average molecular weight is 471 g/mol. The molecule has 34 heavy (non-hydrogen) atoms. The third-order valence-corrected chi connectivity index (χ3v) is 5.80. The Labute approximate surface area is 198 Å². The predicted molar refractivity (Wildman–Crippen MR) is 123 cm³/mol. The lowest BCUT2D eigenvalue weighted by Gasteiger charge is -2.29. The quantitative estimate of drug-likeness (QED) is 0.478. The lowest BCUT2D eigenvalue weighted by molar-refractivity contribution is -0.153. The highest BCUT2D eigenvalue weighted by Gasteiger charge is 2.43. The van der Waals surface area contributed by atoms with Gasteiger partial charge in [-0.1, -0.05) is 18.2 Å². The first-order chi connectivity index (χ1) is 16.2. The zero-order chi connectivity index (χ0) is 25.0. The lowest BCUT2D eigenvalue weighted by atomic mass is 9.85. The fourth-order valence-electron chi connectivity index (χ4n) is 4.42. The number of fused-ring (bicyclic) bond motifs is 1. The Morgan fingerprint density at radius 3 is 2.06 bits per heavy atom. The van der Waals surface area contributed by atoms with Gasteiger partial charge in [0.25, 0.3) is 5.91 Å². The van der Waals surface area contributed by atoms with Crippen LogP contribution >= 0.6 is 0 Å². The van der Waals surface area contributed by atoms with Gasteiger partial charge in [0, 0.05) is 23.1 Å². The molecule has 2 aliphatic rings. The van der Waals surface area contributed by atoms with E-state index < -0.39 is 36.3 Å². The van der Waals surface area contributed by atoms with E-state index in [1.165, 1.54) is 0 Å². The Morgan fingerprint density at radius 2 is 1.50 bits per heavy atom. The molecule has 1 N–H and O–H groups in total. The maximum absolute atomic E-state index is 13.3. The van der Waals surface area contributed by atoms with Crippen LogP contribution in [0, 0.1) is 5.92 Å². The number of esters is 3. The maximum Gasteiger partial charge on any atom is 0.337 e. The van der Waals surface area contributed by atoms with Gasteiger partial charge in [0.05, 0.1) is 24.4 Å². The van der Waals surface area contributed by atoms with Crippen molar-refractivity contribution in [2.75, 3.05) is 24.7 Å². The molecule has 3 rings (SSSR count). The first kappa shape index (κ1) is 25.0. The van der Waals surface area contributed by atoms with Crippen molar-refractivity contribution in [1.82, 2.24) is 5.32 Å². The van der Waals surface area contributed by atoms with Gasteiger partial charge < -0.3 is 24.4 Å². The molecule has 2 heterocycles. The molecule has 0 saturated carbocycles. The van der Waals surface area contributed by atoms with Gasteiger partial charge in [-0.05, 0) is 52.7 Å². The summed E-state index contributed by atoms with van der Waals surface area (Å²) in [6, 6.07) is 7.47. The van der Waals surface area contributed by atoms with Crippen LogP contribution < -0.4 is 10.2 Å². The Morgan fingerprint density at radius 1 is 0.941 bits per heavy atom. The summed E-state index contributed by atoms with van der Waals surface area (Å²) in [7, 11) is 0. The molecule has 9 nitrogen and oxygen atoms in total. The summed E-state index contributed by atoms with van der Waals surface area (Å²) in [4.78, 5) is 53.3. The van der Waals surface area contributed by atoms with Crippen LogP contribution in [0.5, 0.6) is 0 Å².